The Hall–Kier alpha value is -1.84. The van der Waals surface area contributed by atoms with E-state index in [2.05, 4.69) is 24.3 Å². The summed E-state index contributed by atoms with van der Waals surface area (Å²) >= 11 is 0. The number of likely N-dealkylation sites (tertiary alicyclic amines) is 1. The van der Waals surface area contributed by atoms with Crippen LogP contribution >= 0.6 is 0 Å². The van der Waals surface area contributed by atoms with Crippen LogP contribution < -0.4 is 0 Å². The van der Waals surface area contributed by atoms with E-state index >= 15 is 0 Å². The second-order valence-corrected chi connectivity index (χ2v) is 6.11. The molecule has 1 saturated heterocycles. The zero-order valence-electron chi connectivity index (χ0n) is 13.0. The van der Waals surface area contributed by atoms with Crippen LogP contribution in [-0.2, 0) is 16.0 Å². The summed E-state index contributed by atoms with van der Waals surface area (Å²) in [6.07, 6.45) is 5.14. The summed E-state index contributed by atoms with van der Waals surface area (Å²) in [5, 5.41) is 8.58. The SMILES string of the molecule is O=C(O)CCCCC(=O)N1CCC(Cc2ccccc2)CC1. The number of carboxylic acid groups (broad SMARTS) is 1. The van der Waals surface area contributed by atoms with Crippen molar-refractivity contribution in [2.24, 2.45) is 5.92 Å². The molecule has 0 atom stereocenters. The van der Waals surface area contributed by atoms with Crippen molar-refractivity contribution in [3.05, 3.63) is 35.9 Å². The third-order valence-corrected chi connectivity index (χ3v) is 4.37. The number of benzene rings is 1. The van der Waals surface area contributed by atoms with Gasteiger partial charge in [-0.25, -0.2) is 0 Å². The highest BCUT2D eigenvalue weighted by Gasteiger charge is 2.22. The average molecular weight is 303 g/mol. The molecule has 120 valence electrons. The Balaban J connectivity index is 1.66. The number of unbranched alkanes of at least 4 members (excludes halogenated alkanes) is 1. The van der Waals surface area contributed by atoms with Crippen LogP contribution in [0.25, 0.3) is 0 Å². The van der Waals surface area contributed by atoms with Crippen molar-refractivity contribution in [3.63, 3.8) is 0 Å². The van der Waals surface area contributed by atoms with Crippen LogP contribution in [0.1, 0.15) is 44.1 Å². The van der Waals surface area contributed by atoms with Crippen molar-refractivity contribution < 1.29 is 14.7 Å². The molecule has 1 aromatic carbocycles. The van der Waals surface area contributed by atoms with Crippen LogP contribution in [0.15, 0.2) is 30.3 Å². The van der Waals surface area contributed by atoms with E-state index in [9.17, 15) is 9.59 Å². The third kappa shape index (κ3) is 5.51. The molecule has 0 unspecified atom stereocenters. The van der Waals surface area contributed by atoms with E-state index in [1.54, 1.807) is 0 Å². The summed E-state index contributed by atoms with van der Waals surface area (Å²) in [5.41, 5.74) is 1.38. The van der Waals surface area contributed by atoms with E-state index in [0.717, 1.165) is 32.4 Å². The van der Waals surface area contributed by atoms with Gasteiger partial charge in [-0.3, -0.25) is 9.59 Å². The topological polar surface area (TPSA) is 57.6 Å². The lowest BCUT2D eigenvalue weighted by Crippen LogP contribution is -2.38. The Morgan fingerprint density at radius 3 is 2.32 bits per heavy atom. The standard InChI is InChI=1S/C18H25NO3/c20-17(8-4-5-9-18(21)22)19-12-10-16(11-13-19)14-15-6-2-1-3-7-15/h1-3,6-7,16H,4-5,8-14H2,(H,21,22). The second-order valence-electron chi connectivity index (χ2n) is 6.11. The van der Waals surface area contributed by atoms with Crippen LogP contribution in [-0.4, -0.2) is 35.0 Å². The highest BCUT2D eigenvalue weighted by atomic mass is 16.4. The Labute approximate surface area is 132 Å². The number of carbonyl (C=O) groups excluding carboxylic acids is 1. The fourth-order valence-corrected chi connectivity index (χ4v) is 3.04. The Kier molecular flexibility index (Phi) is 6.44. The zero-order chi connectivity index (χ0) is 15.8. The van der Waals surface area contributed by atoms with E-state index in [1.807, 2.05) is 11.0 Å². The molecule has 1 aliphatic rings. The van der Waals surface area contributed by atoms with Crippen LogP contribution in [0.5, 0.6) is 0 Å². The minimum atomic E-state index is -0.783. The van der Waals surface area contributed by atoms with Gasteiger partial charge in [0, 0.05) is 25.9 Å². The number of hydrogen-bond acceptors (Lipinski definition) is 2. The molecule has 22 heavy (non-hydrogen) atoms. The number of rotatable bonds is 7. The number of hydrogen-bond donors (Lipinski definition) is 1. The zero-order valence-corrected chi connectivity index (χ0v) is 13.0. The van der Waals surface area contributed by atoms with Gasteiger partial charge in [-0.05, 0) is 43.6 Å². The Morgan fingerprint density at radius 2 is 1.68 bits per heavy atom. The van der Waals surface area contributed by atoms with Crippen molar-refractivity contribution in [2.75, 3.05) is 13.1 Å². The van der Waals surface area contributed by atoms with Gasteiger partial charge in [0.1, 0.15) is 0 Å². The summed E-state index contributed by atoms with van der Waals surface area (Å²) in [4.78, 5) is 24.5. The van der Waals surface area contributed by atoms with Crippen molar-refractivity contribution >= 4 is 11.9 Å². The van der Waals surface area contributed by atoms with Crippen molar-refractivity contribution in [1.29, 1.82) is 0 Å². The largest absolute Gasteiger partial charge is 0.481 e. The monoisotopic (exact) mass is 303 g/mol. The molecular weight excluding hydrogens is 278 g/mol. The fourth-order valence-electron chi connectivity index (χ4n) is 3.04. The summed E-state index contributed by atoms with van der Waals surface area (Å²) in [6.45, 7) is 1.69. The van der Waals surface area contributed by atoms with Gasteiger partial charge in [-0.1, -0.05) is 30.3 Å². The third-order valence-electron chi connectivity index (χ3n) is 4.37. The molecule has 1 fully saturated rings. The first-order chi connectivity index (χ1) is 10.6. The van der Waals surface area contributed by atoms with E-state index in [4.69, 9.17) is 5.11 Å². The normalized spacial score (nSPS) is 15.7. The van der Waals surface area contributed by atoms with E-state index in [-0.39, 0.29) is 12.3 Å². The van der Waals surface area contributed by atoms with Crippen molar-refractivity contribution in [3.8, 4) is 0 Å². The molecule has 1 aliphatic heterocycles. The summed E-state index contributed by atoms with van der Waals surface area (Å²) in [5.74, 6) is 0.0659. The minimum Gasteiger partial charge on any atom is -0.481 e. The minimum absolute atomic E-state index is 0.159. The summed E-state index contributed by atoms with van der Waals surface area (Å²) < 4.78 is 0. The van der Waals surface area contributed by atoms with Gasteiger partial charge < -0.3 is 10.0 Å². The van der Waals surface area contributed by atoms with Gasteiger partial charge in [0.2, 0.25) is 5.91 Å². The van der Waals surface area contributed by atoms with Gasteiger partial charge in [-0.2, -0.15) is 0 Å². The van der Waals surface area contributed by atoms with E-state index in [0.29, 0.717) is 25.2 Å². The van der Waals surface area contributed by atoms with Gasteiger partial charge in [0.25, 0.3) is 0 Å². The number of piperidine rings is 1. The molecule has 1 amide bonds. The van der Waals surface area contributed by atoms with Crippen molar-refractivity contribution in [2.45, 2.75) is 44.9 Å². The maximum atomic E-state index is 12.1. The number of carboxylic acids is 1. The smallest absolute Gasteiger partial charge is 0.303 e. The Morgan fingerprint density at radius 1 is 1.05 bits per heavy atom. The maximum Gasteiger partial charge on any atom is 0.303 e. The number of carbonyl (C=O) groups is 2. The average Bonchev–Trinajstić information content (AvgIpc) is 2.53. The van der Waals surface area contributed by atoms with E-state index < -0.39 is 5.97 Å². The highest BCUT2D eigenvalue weighted by molar-refractivity contribution is 5.76. The molecule has 0 bridgehead atoms. The molecule has 2 rings (SSSR count). The molecule has 4 heteroatoms. The van der Waals surface area contributed by atoms with E-state index in [1.165, 1.54) is 5.56 Å². The molecule has 0 radical (unpaired) electrons. The predicted molar refractivity (Wildman–Crippen MR) is 85.6 cm³/mol. The molecular formula is C18H25NO3. The Bertz CT molecular complexity index is 478. The van der Waals surface area contributed by atoms with Gasteiger partial charge in [0.05, 0.1) is 0 Å². The maximum absolute atomic E-state index is 12.1. The quantitative estimate of drug-likeness (QED) is 0.787. The highest BCUT2D eigenvalue weighted by Crippen LogP contribution is 2.22. The number of amides is 1. The van der Waals surface area contributed by atoms with Crippen LogP contribution in [0.2, 0.25) is 0 Å². The first-order valence-corrected chi connectivity index (χ1v) is 8.18. The molecule has 1 N–H and O–H groups in total. The number of nitrogens with zero attached hydrogens (tertiary/aromatic N) is 1. The lowest BCUT2D eigenvalue weighted by atomic mass is 9.90. The fraction of sp³-hybridized carbons (Fsp3) is 0.556. The lowest BCUT2D eigenvalue weighted by molar-refractivity contribution is -0.137. The van der Waals surface area contributed by atoms with Gasteiger partial charge >= 0.3 is 5.97 Å². The summed E-state index contributed by atoms with van der Waals surface area (Å²) in [7, 11) is 0. The molecule has 0 saturated carbocycles. The predicted octanol–water partition coefficient (Wildman–Crippen LogP) is 3.11. The first kappa shape index (κ1) is 16.5. The van der Waals surface area contributed by atoms with Gasteiger partial charge in [0.15, 0.2) is 0 Å². The summed E-state index contributed by atoms with van der Waals surface area (Å²) in [6, 6.07) is 10.5. The molecule has 0 aromatic heterocycles. The molecule has 1 heterocycles. The van der Waals surface area contributed by atoms with Crippen molar-refractivity contribution in [1.82, 2.24) is 4.90 Å². The second kappa shape index (κ2) is 8.57. The van der Waals surface area contributed by atoms with Gasteiger partial charge in [-0.15, -0.1) is 0 Å². The van der Waals surface area contributed by atoms with Crippen LogP contribution in [0.4, 0.5) is 0 Å². The molecule has 4 nitrogen and oxygen atoms in total. The first-order valence-electron chi connectivity index (χ1n) is 8.18. The lowest BCUT2D eigenvalue weighted by Gasteiger charge is -2.32. The molecule has 1 aromatic rings. The van der Waals surface area contributed by atoms with Crippen LogP contribution in [0, 0.1) is 5.92 Å². The molecule has 0 spiro atoms. The van der Waals surface area contributed by atoms with Crippen LogP contribution in [0.3, 0.4) is 0 Å². The number of aliphatic carboxylic acids is 1. The molecule has 0 aliphatic carbocycles.